The monoisotopic (exact) mass is 744 g/mol. The molecule has 0 aliphatic carbocycles. The molecule has 5 heteroatoms. The van der Waals surface area contributed by atoms with E-state index in [1.54, 1.807) is 0 Å². The Morgan fingerprint density at radius 2 is 1.18 bits per heavy atom. The van der Waals surface area contributed by atoms with Crippen LogP contribution < -0.4 is 14.5 Å². The van der Waals surface area contributed by atoms with Gasteiger partial charge in [-0.3, -0.25) is 4.57 Å². The predicted octanol–water partition coefficient (Wildman–Crippen LogP) is 13.7. The molecule has 3 heterocycles. The Morgan fingerprint density at radius 1 is 0.509 bits per heavy atom. The number of nitrogens with zero attached hydrogens (tertiary/aromatic N) is 4. The second kappa shape index (κ2) is 14.2. The number of anilines is 2. The van der Waals surface area contributed by atoms with Crippen LogP contribution in [0.3, 0.4) is 0 Å². The molecule has 0 N–H and O–H groups in total. The van der Waals surface area contributed by atoms with Crippen LogP contribution in [-0.2, 0) is 10.8 Å². The van der Waals surface area contributed by atoms with Crippen molar-refractivity contribution in [1.82, 2.24) is 9.55 Å². The lowest BCUT2D eigenvalue weighted by Gasteiger charge is -2.27. The van der Waals surface area contributed by atoms with E-state index >= 15 is 0 Å². The normalized spacial score (nSPS) is 13.2. The molecule has 0 radical (unpaired) electrons. The molecule has 9 rings (SSSR count). The summed E-state index contributed by atoms with van der Waals surface area (Å²) in [5.74, 6) is 2.43. The average molecular weight is 745 g/mol. The summed E-state index contributed by atoms with van der Waals surface area (Å²) in [6, 6.07) is 54.0. The van der Waals surface area contributed by atoms with Gasteiger partial charge in [0.25, 0.3) is 0 Å². The molecule has 5 nitrogen and oxygen atoms in total. The molecule has 57 heavy (non-hydrogen) atoms. The lowest BCUT2D eigenvalue weighted by Crippen LogP contribution is -2.25. The molecule has 1 aliphatic heterocycles. The number of hydrogen-bond acceptors (Lipinski definition) is 4. The second-order valence-electron chi connectivity index (χ2n) is 17.1. The number of hydrogen-bond donors (Lipinski definition) is 0. The maximum Gasteiger partial charge on any atom is 0.137 e. The summed E-state index contributed by atoms with van der Waals surface area (Å²) in [4.78, 5) is 9.51. The van der Waals surface area contributed by atoms with Crippen LogP contribution in [0.2, 0.25) is 0 Å². The summed E-state index contributed by atoms with van der Waals surface area (Å²) < 4.78 is 9.11. The highest BCUT2D eigenvalue weighted by molar-refractivity contribution is 6.09. The van der Waals surface area contributed by atoms with E-state index in [1.807, 2.05) is 6.20 Å². The first-order chi connectivity index (χ1) is 27.5. The number of ether oxygens (including phenoxy) is 1. The molecule has 0 fully saturated rings. The molecule has 2 aromatic heterocycles. The zero-order chi connectivity index (χ0) is 39.3. The minimum absolute atomic E-state index is 0.00513. The molecule has 0 amide bonds. The first-order valence-electron chi connectivity index (χ1n) is 19.8. The molecular weight excluding hydrogens is 697 g/mol. The summed E-state index contributed by atoms with van der Waals surface area (Å²) in [6.45, 7) is 14.2. The topological polar surface area (TPSA) is 33.5 Å². The molecule has 0 spiro atoms. The summed E-state index contributed by atoms with van der Waals surface area (Å²) in [6.07, 6.45) is 6.28. The van der Waals surface area contributed by atoms with Crippen molar-refractivity contribution in [2.75, 3.05) is 16.5 Å². The van der Waals surface area contributed by atoms with Gasteiger partial charge in [-0.1, -0.05) is 126 Å². The molecule has 0 bridgehead atoms. The Hall–Kier alpha value is -6.59. The van der Waals surface area contributed by atoms with Crippen molar-refractivity contribution in [2.24, 2.45) is 0 Å². The van der Waals surface area contributed by atoms with Crippen LogP contribution in [0, 0.1) is 0 Å². The molecule has 1 aliphatic rings. The van der Waals surface area contributed by atoms with Crippen LogP contribution in [0.1, 0.15) is 52.7 Å². The molecule has 8 aromatic rings. The number of para-hydroxylation sites is 1. The van der Waals surface area contributed by atoms with Gasteiger partial charge >= 0.3 is 0 Å². The highest BCUT2D eigenvalue weighted by Crippen LogP contribution is 2.40. The molecule has 6 aromatic carbocycles. The number of fused-ring (bicyclic) bond motifs is 3. The van der Waals surface area contributed by atoms with E-state index < -0.39 is 0 Å². The number of aromatic nitrogens is 2. The minimum atomic E-state index is -0.00513. The summed E-state index contributed by atoms with van der Waals surface area (Å²) in [5.41, 5.74) is 11.6. The van der Waals surface area contributed by atoms with Crippen molar-refractivity contribution in [3.63, 3.8) is 0 Å². The van der Waals surface area contributed by atoms with E-state index in [4.69, 9.17) is 9.72 Å². The highest BCUT2D eigenvalue weighted by Gasteiger charge is 2.23. The third-order valence-corrected chi connectivity index (χ3v) is 11.0. The van der Waals surface area contributed by atoms with Gasteiger partial charge in [0.05, 0.1) is 23.4 Å². The quantitative estimate of drug-likeness (QED) is 0.163. The third-order valence-electron chi connectivity index (χ3n) is 11.0. The summed E-state index contributed by atoms with van der Waals surface area (Å²) >= 11 is 0. The van der Waals surface area contributed by atoms with Crippen molar-refractivity contribution in [1.29, 1.82) is 0 Å². The van der Waals surface area contributed by atoms with Gasteiger partial charge in [-0.15, -0.1) is 0 Å². The van der Waals surface area contributed by atoms with E-state index in [0.717, 1.165) is 50.6 Å². The van der Waals surface area contributed by atoms with Crippen LogP contribution in [0.15, 0.2) is 170 Å². The smallest absolute Gasteiger partial charge is 0.137 e. The number of benzene rings is 6. The molecule has 282 valence electrons. The van der Waals surface area contributed by atoms with Crippen LogP contribution in [-0.4, -0.2) is 16.2 Å². The maximum atomic E-state index is 6.85. The van der Waals surface area contributed by atoms with Gasteiger partial charge in [0.1, 0.15) is 17.3 Å². The first-order valence-corrected chi connectivity index (χ1v) is 19.8. The molecule has 0 saturated heterocycles. The first kappa shape index (κ1) is 36.1. The Morgan fingerprint density at radius 3 is 1.93 bits per heavy atom. The Labute approximate surface area is 336 Å². The summed E-state index contributed by atoms with van der Waals surface area (Å²) in [5, 5.41) is 2.34. The predicted molar refractivity (Wildman–Crippen MR) is 239 cm³/mol. The standard InChI is InChI=1S/C52H48N4O/c1-51(2,3)39-21-24-47(46(31-39)37-17-11-8-12-18-37)55-28-27-54(35-55)41-29-38(36-15-9-7-10-16-36)30-43(33-41)57-42-22-23-45-44-19-13-14-20-48(44)56(49(45)34-42)50-32-40(25-26-53-50)52(4,5)6/h7-34H,35H2,1-6H3. The van der Waals surface area contributed by atoms with Crippen molar-refractivity contribution in [2.45, 2.75) is 52.4 Å². The maximum absolute atomic E-state index is 6.85. The Balaban J connectivity index is 1.09. The minimum Gasteiger partial charge on any atom is -0.457 e. The van der Waals surface area contributed by atoms with Gasteiger partial charge in [-0.2, -0.15) is 0 Å². The molecule has 0 atom stereocenters. The lowest BCUT2D eigenvalue weighted by atomic mass is 9.85. The van der Waals surface area contributed by atoms with Gasteiger partial charge in [0.2, 0.25) is 0 Å². The average Bonchev–Trinajstić information content (AvgIpc) is 3.84. The van der Waals surface area contributed by atoms with Crippen LogP contribution in [0.4, 0.5) is 11.4 Å². The van der Waals surface area contributed by atoms with Crippen LogP contribution >= 0.6 is 0 Å². The van der Waals surface area contributed by atoms with E-state index in [1.165, 1.54) is 33.3 Å². The van der Waals surface area contributed by atoms with Crippen LogP contribution in [0.25, 0.3) is 49.9 Å². The molecule has 0 unspecified atom stereocenters. The Kier molecular flexibility index (Phi) is 8.96. The molecule has 0 saturated carbocycles. The fourth-order valence-electron chi connectivity index (χ4n) is 7.85. The lowest BCUT2D eigenvalue weighted by molar-refractivity contribution is 0.483. The second-order valence-corrected chi connectivity index (χ2v) is 17.1. The van der Waals surface area contributed by atoms with E-state index in [9.17, 15) is 0 Å². The molecular formula is C52H48N4O. The number of rotatable bonds is 7. The van der Waals surface area contributed by atoms with Crippen molar-refractivity contribution >= 4 is 33.2 Å². The SMILES string of the molecule is CC(C)(C)c1ccnc(-n2c3ccccc3c3ccc(Oc4cc(-c5ccccc5)cc(N5C=CN(c6ccc(C(C)(C)C)cc6-c6ccccc6)C5)c4)cc32)c1. The van der Waals surface area contributed by atoms with Crippen LogP contribution in [0.5, 0.6) is 11.5 Å². The van der Waals surface area contributed by atoms with Crippen molar-refractivity contribution in [3.8, 4) is 39.6 Å². The van der Waals surface area contributed by atoms with E-state index in [0.29, 0.717) is 6.67 Å². The fraction of sp³-hybridized carbons (Fsp3) is 0.173. The number of pyridine rings is 1. The van der Waals surface area contributed by atoms with Crippen molar-refractivity contribution in [3.05, 3.63) is 181 Å². The fourth-order valence-corrected chi connectivity index (χ4v) is 7.85. The highest BCUT2D eigenvalue weighted by atomic mass is 16.5. The Bertz CT molecular complexity index is 2770. The largest absolute Gasteiger partial charge is 0.457 e. The van der Waals surface area contributed by atoms with Gasteiger partial charge in [0.15, 0.2) is 0 Å². The van der Waals surface area contributed by atoms with Gasteiger partial charge in [0, 0.05) is 52.8 Å². The van der Waals surface area contributed by atoms with E-state index in [2.05, 4.69) is 220 Å². The zero-order valence-electron chi connectivity index (χ0n) is 33.6. The van der Waals surface area contributed by atoms with Gasteiger partial charge in [-0.25, -0.2) is 4.98 Å². The summed E-state index contributed by atoms with van der Waals surface area (Å²) in [7, 11) is 0. The van der Waals surface area contributed by atoms with Gasteiger partial charge in [-0.05, 0) is 93.2 Å². The third kappa shape index (κ3) is 7.06. The van der Waals surface area contributed by atoms with Crippen molar-refractivity contribution < 1.29 is 4.74 Å². The van der Waals surface area contributed by atoms with Gasteiger partial charge < -0.3 is 14.5 Å². The zero-order valence-corrected chi connectivity index (χ0v) is 33.6. The van der Waals surface area contributed by atoms with E-state index in [-0.39, 0.29) is 10.8 Å².